The zero-order chi connectivity index (χ0) is 25.4. The molecule has 36 heavy (non-hydrogen) atoms. The van der Waals surface area contributed by atoms with Gasteiger partial charge in [-0.3, -0.25) is 19.2 Å². The van der Waals surface area contributed by atoms with Gasteiger partial charge in [0.1, 0.15) is 0 Å². The lowest BCUT2D eigenvalue weighted by molar-refractivity contribution is -0.121. The van der Waals surface area contributed by atoms with Crippen LogP contribution in [0.25, 0.3) is 0 Å². The van der Waals surface area contributed by atoms with Crippen molar-refractivity contribution in [2.45, 2.75) is 25.7 Å². The lowest BCUT2D eigenvalue weighted by Crippen LogP contribution is -2.29. The van der Waals surface area contributed by atoms with Crippen LogP contribution in [0.4, 0.5) is 11.4 Å². The van der Waals surface area contributed by atoms with Crippen LogP contribution in [0.3, 0.4) is 0 Å². The fraction of sp³-hybridized carbons (Fsp3) is 0.133. The molecule has 0 N–H and O–H groups in total. The normalized spacial score (nSPS) is 15.3. The molecule has 0 saturated heterocycles. The summed E-state index contributed by atoms with van der Waals surface area (Å²) in [5.74, 6) is -1.16. The van der Waals surface area contributed by atoms with Crippen molar-refractivity contribution in [1.82, 2.24) is 0 Å². The molecule has 0 aromatic heterocycles. The Labute approximate surface area is 209 Å². The Bertz CT molecular complexity index is 1290. The number of rotatable bonds is 6. The summed E-state index contributed by atoms with van der Waals surface area (Å²) in [7, 11) is 0. The van der Waals surface area contributed by atoms with Crippen molar-refractivity contribution in [3.8, 4) is 0 Å². The van der Waals surface area contributed by atoms with Crippen molar-refractivity contribution in [3.63, 3.8) is 0 Å². The number of hydrogen-bond donors (Lipinski definition) is 0. The van der Waals surface area contributed by atoms with E-state index >= 15 is 0 Å². The molecule has 0 bridgehead atoms. The second-order valence-corrected chi connectivity index (χ2v) is 9.13. The lowest BCUT2D eigenvalue weighted by Gasteiger charge is -2.22. The van der Waals surface area contributed by atoms with E-state index in [1.165, 1.54) is 29.9 Å². The molecule has 0 atom stereocenters. The number of benzene rings is 3. The predicted octanol–water partition coefficient (Wildman–Crippen LogP) is 4.85. The molecule has 2 heterocycles. The fourth-order valence-corrected chi connectivity index (χ4v) is 4.59. The highest BCUT2D eigenvalue weighted by atomic mass is 16.2. The molecule has 0 saturated carbocycles. The summed E-state index contributed by atoms with van der Waals surface area (Å²) in [4.78, 5) is 50.6. The second-order valence-electron chi connectivity index (χ2n) is 9.13. The van der Waals surface area contributed by atoms with Crippen molar-refractivity contribution in [3.05, 3.63) is 119 Å². The topological polar surface area (TPSA) is 74.8 Å². The van der Waals surface area contributed by atoms with Crippen LogP contribution in [-0.2, 0) is 19.2 Å². The first-order chi connectivity index (χ1) is 17.3. The van der Waals surface area contributed by atoms with E-state index < -0.39 is 0 Å². The zero-order valence-corrected chi connectivity index (χ0v) is 19.9. The van der Waals surface area contributed by atoms with Gasteiger partial charge in [0.15, 0.2) is 0 Å². The summed E-state index contributed by atoms with van der Waals surface area (Å²) in [6.07, 6.45) is 5.06. The Morgan fingerprint density at radius 3 is 1.03 bits per heavy atom. The van der Waals surface area contributed by atoms with Gasteiger partial charge in [0.25, 0.3) is 23.6 Å². The maximum atomic E-state index is 12.1. The minimum atomic E-state index is -0.357. The number of anilines is 2. The summed E-state index contributed by atoms with van der Waals surface area (Å²) in [6.45, 7) is 4.30. The molecule has 3 aromatic rings. The van der Waals surface area contributed by atoms with Crippen molar-refractivity contribution in [1.29, 1.82) is 0 Å². The Kier molecular flexibility index (Phi) is 5.94. The average molecular weight is 477 g/mol. The molecule has 6 heteroatoms. The molecular formula is C30H24N2O4. The molecule has 178 valence electrons. The lowest BCUT2D eigenvalue weighted by atomic mass is 9.84. The Morgan fingerprint density at radius 1 is 0.444 bits per heavy atom. The summed E-state index contributed by atoms with van der Waals surface area (Å²) >= 11 is 0. The van der Waals surface area contributed by atoms with Crippen LogP contribution in [0.5, 0.6) is 0 Å². The molecule has 0 spiro atoms. The standard InChI is InChI=1S/C30H24N2O4/c1-19(2)20-3-5-21(6-4-20)30(22-7-11-24(12-8-22)31-26(33)15-16-27(31)34)23-9-13-25(14-10-23)32-28(35)17-18-29(32)36/h3-19,30H,1-2H3. The molecule has 6 nitrogen and oxygen atoms in total. The van der Waals surface area contributed by atoms with Crippen LogP contribution in [0.2, 0.25) is 0 Å². The van der Waals surface area contributed by atoms with Gasteiger partial charge < -0.3 is 0 Å². The quantitative estimate of drug-likeness (QED) is 0.377. The van der Waals surface area contributed by atoms with Gasteiger partial charge in [-0.05, 0) is 52.4 Å². The summed E-state index contributed by atoms with van der Waals surface area (Å²) in [5, 5.41) is 0. The molecule has 2 aliphatic rings. The number of imide groups is 2. The fourth-order valence-electron chi connectivity index (χ4n) is 4.59. The van der Waals surface area contributed by atoms with Crippen molar-refractivity contribution < 1.29 is 19.2 Å². The summed E-state index contributed by atoms with van der Waals surface area (Å²) in [5.41, 5.74) is 5.30. The molecule has 0 fully saturated rings. The molecule has 0 unspecified atom stereocenters. The maximum absolute atomic E-state index is 12.1. The largest absolute Gasteiger partial charge is 0.269 e. The van der Waals surface area contributed by atoms with Crippen LogP contribution in [-0.4, -0.2) is 23.6 Å². The van der Waals surface area contributed by atoms with Crippen LogP contribution >= 0.6 is 0 Å². The summed E-state index contributed by atoms with van der Waals surface area (Å²) < 4.78 is 0. The van der Waals surface area contributed by atoms with E-state index in [-0.39, 0.29) is 29.5 Å². The van der Waals surface area contributed by atoms with Gasteiger partial charge in [-0.2, -0.15) is 0 Å². The van der Waals surface area contributed by atoms with Gasteiger partial charge in [0, 0.05) is 30.2 Å². The highest BCUT2D eigenvalue weighted by Crippen LogP contribution is 2.35. The van der Waals surface area contributed by atoms with Crippen LogP contribution in [0.15, 0.2) is 97.1 Å². The van der Waals surface area contributed by atoms with Crippen molar-refractivity contribution in [2.24, 2.45) is 0 Å². The minimum Gasteiger partial charge on any atom is -0.269 e. The average Bonchev–Trinajstić information content (AvgIpc) is 3.40. The predicted molar refractivity (Wildman–Crippen MR) is 138 cm³/mol. The highest BCUT2D eigenvalue weighted by molar-refractivity contribution is 6.28. The van der Waals surface area contributed by atoms with E-state index in [9.17, 15) is 19.2 Å². The van der Waals surface area contributed by atoms with Gasteiger partial charge in [0.05, 0.1) is 11.4 Å². The van der Waals surface area contributed by atoms with Crippen LogP contribution in [0.1, 0.15) is 47.9 Å². The SMILES string of the molecule is CC(C)c1ccc(C(c2ccc(N3C(=O)C=CC3=O)cc2)c2ccc(N3C(=O)C=CC3=O)cc2)cc1. The first-order valence-electron chi connectivity index (χ1n) is 11.8. The maximum Gasteiger partial charge on any atom is 0.258 e. The first kappa shape index (κ1) is 23.2. The Balaban J connectivity index is 1.52. The van der Waals surface area contributed by atoms with Gasteiger partial charge >= 0.3 is 0 Å². The monoisotopic (exact) mass is 476 g/mol. The molecule has 0 radical (unpaired) electrons. The number of carbonyl (C=O) groups is 4. The molecule has 5 rings (SSSR count). The number of nitrogens with zero attached hydrogens (tertiary/aromatic N) is 2. The number of carbonyl (C=O) groups excluding carboxylic acids is 4. The van der Waals surface area contributed by atoms with Gasteiger partial charge in [0.2, 0.25) is 0 Å². The van der Waals surface area contributed by atoms with Crippen molar-refractivity contribution in [2.75, 3.05) is 9.80 Å². The molecule has 0 aliphatic carbocycles. The van der Waals surface area contributed by atoms with Crippen LogP contribution in [0, 0.1) is 0 Å². The van der Waals surface area contributed by atoms with Crippen LogP contribution < -0.4 is 9.80 Å². The second kappa shape index (κ2) is 9.23. The number of hydrogen-bond acceptors (Lipinski definition) is 4. The van der Waals surface area contributed by atoms with E-state index in [4.69, 9.17) is 0 Å². The Morgan fingerprint density at radius 2 is 0.722 bits per heavy atom. The van der Waals surface area contributed by atoms with E-state index in [0.29, 0.717) is 17.3 Å². The molecule has 4 amide bonds. The first-order valence-corrected chi connectivity index (χ1v) is 11.8. The third-order valence-electron chi connectivity index (χ3n) is 6.52. The van der Waals surface area contributed by atoms with E-state index in [2.05, 4.69) is 38.1 Å². The molecule has 2 aliphatic heterocycles. The molecule has 3 aromatic carbocycles. The zero-order valence-electron chi connectivity index (χ0n) is 19.9. The summed E-state index contributed by atoms with van der Waals surface area (Å²) in [6, 6.07) is 23.2. The third kappa shape index (κ3) is 4.18. The van der Waals surface area contributed by atoms with Gasteiger partial charge in [-0.15, -0.1) is 0 Å². The van der Waals surface area contributed by atoms with E-state index in [1.54, 1.807) is 24.3 Å². The highest BCUT2D eigenvalue weighted by Gasteiger charge is 2.27. The third-order valence-corrected chi connectivity index (χ3v) is 6.52. The van der Waals surface area contributed by atoms with Gasteiger partial charge in [-0.1, -0.05) is 62.4 Å². The minimum absolute atomic E-state index is 0.138. The van der Waals surface area contributed by atoms with E-state index in [1.807, 2.05) is 24.3 Å². The Hall–Kier alpha value is -4.58. The van der Waals surface area contributed by atoms with E-state index in [0.717, 1.165) is 26.5 Å². The number of amides is 4. The smallest absolute Gasteiger partial charge is 0.258 e. The van der Waals surface area contributed by atoms with Crippen molar-refractivity contribution >= 4 is 35.0 Å². The van der Waals surface area contributed by atoms with Gasteiger partial charge in [-0.25, -0.2) is 9.80 Å². The molecular weight excluding hydrogens is 452 g/mol.